The van der Waals surface area contributed by atoms with Crippen LogP contribution in [0.25, 0.3) is 0 Å². The van der Waals surface area contributed by atoms with Crippen molar-refractivity contribution in [3.05, 3.63) is 0 Å². The van der Waals surface area contributed by atoms with Crippen molar-refractivity contribution < 1.29 is 14.4 Å². The van der Waals surface area contributed by atoms with E-state index in [1.165, 1.54) is 4.90 Å². The van der Waals surface area contributed by atoms with Gasteiger partial charge in [-0.2, -0.15) is 0 Å². The minimum Gasteiger partial charge on any atom is -0.344 e. The lowest BCUT2D eigenvalue weighted by atomic mass is 10.2. The molecular weight excluding hydrogens is 248 g/mol. The second-order valence-electron chi connectivity index (χ2n) is 4.98. The number of carbonyl (C=O) groups excluding carboxylic acids is 3. The molecule has 7 nitrogen and oxygen atoms in total. The number of carbonyl (C=O) groups is 3. The number of piperazine rings is 1. The van der Waals surface area contributed by atoms with Crippen molar-refractivity contribution in [1.29, 1.82) is 0 Å². The Bertz CT molecular complexity index is 379. The third kappa shape index (κ3) is 3.44. The molecule has 2 rings (SSSR count). The van der Waals surface area contributed by atoms with Gasteiger partial charge in [-0.15, -0.1) is 0 Å². The zero-order valence-electron chi connectivity index (χ0n) is 11.1. The molecule has 2 fully saturated rings. The number of rotatable bonds is 3. The van der Waals surface area contributed by atoms with Crippen molar-refractivity contribution in [3.8, 4) is 0 Å². The van der Waals surface area contributed by atoms with Gasteiger partial charge in [0.2, 0.25) is 17.7 Å². The standard InChI is InChI=1S/C12H20N4O3/c1-15(12(19)9-2-3-10(17)14-9)8-11(18)16-6-4-13-5-7-16/h9,13H,2-8H2,1H3,(H,14,17). The Labute approximate surface area is 112 Å². The van der Waals surface area contributed by atoms with Crippen molar-refractivity contribution in [1.82, 2.24) is 20.4 Å². The molecule has 0 spiro atoms. The zero-order valence-corrected chi connectivity index (χ0v) is 11.1. The molecule has 0 aromatic rings. The summed E-state index contributed by atoms with van der Waals surface area (Å²) in [5.41, 5.74) is 0. The van der Waals surface area contributed by atoms with E-state index in [9.17, 15) is 14.4 Å². The topological polar surface area (TPSA) is 81.8 Å². The summed E-state index contributed by atoms with van der Waals surface area (Å²) in [6.45, 7) is 3.03. The van der Waals surface area contributed by atoms with Crippen LogP contribution >= 0.6 is 0 Å². The first kappa shape index (κ1) is 13.8. The van der Waals surface area contributed by atoms with Gasteiger partial charge in [0.25, 0.3) is 0 Å². The van der Waals surface area contributed by atoms with E-state index in [2.05, 4.69) is 10.6 Å². The molecule has 2 saturated heterocycles. The van der Waals surface area contributed by atoms with E-state index in [-0.39, 0.29) is 24.3 Å². The van der Waals surface area contributed by atoms with Crippen molar-refractivity contribution >= 4 is 17.7 Å². The molecule has 3 amide bonds. The Kier molecular flexibility index (Phi) is 4.36. The van der Waals surface area contributed by atoms with Crippen LogP contribution in [0, 0.1) is 0 Å². The van der Waals surface area contributed by atoms with Crippen LogP contribution in [0.2, 0.25) is 0 Å². The van der Waals surface area contributed by atoms with E-state index >= 15 is 0 Å². The summed E-state index contributed by atoms with van der Waals surface area (Å²) < 4.78 is 0. The molecule has 1 atom stereocenters. The number of likely N-dealkylation sites (N-methyl/N-ethyl adjacent to an activating group) is 1. The van der Waals surface area contributed by atoms with Crippen molar-refractivity contribution in [3.63, 3.8) is 0 Å². The van der Waals surface area contributed by atoms with E-state index < -0.39 is 6.04 Å². The molecule has 0 aromatic carbocycles. The normalized spacial score (nSPS) is 23.1. The molecule has 7 heteroatoms. The molecule has 2 N–H and O–H groups in total. The molecule has 0 aliphatic carbocycles. The van der Waals surface area contributed by atoms with E-state index in [0.717, 1.165) is 13.1 Å². The lowest BCUT2D eigenvalue weighted by Gasteiger charge is -2.29. The van der Waals surface area contributed by atoms with Crippen LogP contribution in [-0.4, -0.2) is 73.3 Å². The zero-order chi connectivity index (χ0) is 13.8. The average molecular weight is 268 g/mol. The van der Waals surface area contributed by atoms with Crippen LogP contribution in [0.5, 0.6) is 0 Å². The minimum atomic E-state index is -0.465. The molecule has 0 radical (unpaired) electrons. The largest absolute Gasteiger partial charge is 0.344 e. The monoisotopic (exact) mass is 268 g/mol. The highest BCUT2D eigenvalue weighted by Crippen LogP contribution is 2.09. The van der Waals surface area contributed by atoms with Crippen LogP contribution in [-0.2, 0) is 14.4 Å². The Hall–Kier alpha value is -1.63. The summed E-state index contributed by atoms with van der Waals surface area (Å²) >= 11 is 0. The Morgan fingerprint density at radius 1 is 1.37 bits per heavy atom. The predicted octanol–water partition coefficient (Wildman–Crippen LogP) is -1.84. The molecule has 0 bridgehead atoms. The van der Waals surface area contributed by atoms with E-state index in [1.807, 2.05) is 0 Å². The van der Waals surface area contributed by atoms with Crippen LogP contribution in [0.3, 0.4) is 0 Å². The Morgan fingerprint density at radius 3 is 2.63 bits per heavy atom. The summed E-state index contributed by atoms with van der Waals surface area (Å²) in [7, 11) is 1.60. The second kappa shape index (κ2) is 6.01. The smallest absolute Gasteiger partial charge is 0.245 e. The first-order valence-corrected chi connectivity index (χ1v) is 6.61. The number of hydrogen-bond acceptors (Lipinski definition) is 4. The molecule has 0 aromatic heterocycles. The maximum atomic E-state index is 12.0. The molecule has 19 heavy (non-hydrogen) atoms. The average Bonchev–Trinajstić information content (AvgIpc) is 2.85. The third-order valence-corrected chi connectivity index (χ3v) is 3.51. The van der Waals surface area contributed by atoms with Gasteiger partial charge in [0.05, 0.1) is 6.54 Å². The van der Waals surface area contributed by atoms with E-state index in [0.29, 0.717) is 25.9 Å². The van der Waals surface area contributed by atoms with E-state index in [1.54, 1.807) is 11.9 Å². The van der Waals surface area contributed by atoms with Gasteiger partial charge in [0.15, 0.2) is 0 Å². The van der Waals surface area contributed by atoms with Crippen LogP contribution in [0.4, 0.5) is 0 Å². The fourth-order valence-corrected chi connectivity index (χ4v) is 2.36. The quantitative estimate of drug-likeness (QED) is 0.630. The molecule has 2 heterocycles. The van der Waals surface area contributed by atoms with Gasteiger partial charge >= 0.3 is 0 Å². The summed E-state index contributed by atoms with van der Waals surface area (Å²) in [4.78, 5) is 38.3. The Balaban J connectivity index is 1.82. The number of amides is 3. The SMILES string of the molecule is CN(CC(=O)N1CCNCC1)C(=O)C1CCC(=O)N1. The summed E-state index contributed by atoms with van der Waals surface area (Å²) in [6.07, 6.45) is 0.903. The van der Waals surface area contributed by atoms with Crippen molar-refractivity contribution in [2.24, 2.45) is 0 Å². The fraction of sp³-hybridized carbons (Fsp3) is 0.750. The van der Waals surface area contributed by atoms with Crippen LogP contribution in [0.15, 0.2) is 0 Å². The molecule has 1 unspecified atom stereocenters. The van der Waals surface area contributed by atoms with Gasteiger partial charge in [-0.05, 0) is 6.42 Å². The van der Waals surface area contributed by atoms with Gasteiger partial charge in [-0.25, -0.2) is 0 Å². The first-order valence-electron chi connectivity index (χ1n) is 6.61. The molecule has 2 aliphatic rings. The molecule has 0 saturated carbocycles. The van der Waals surface area contributed by atoms with Crippen molar-refractivity contribution in [2.45, 2.75) is 18.9 Å². The number of hydrogen-bond donors (Lipinski definition) is 2. The molecule has 2 aliphatic heterocycles. The van der Waals surface area contributed by atoms with Gasteiger partial charge in [0, 0.05) is 39.6 Å². The predicted molar refractivity (Wildman–Crippen MR) is 68.3 cm³/mol. The molecule has 106 valence electrons. The lowest BCUT2D eigenvalue weighted by Crippen LogP contribution is -2.51. The van der Waals surface area contributed by atoms with Gasteiger partial charge in [0.1, 0.15) is 6.04 Å². The van der Waals surface area contributed by atoms with Gasteiger partial charge in [-0.1, -0.05) is 0 Å². The van der Waals surface area contributed by atoms with Gasteiger partial charge in [-0.3, -0.25) is 14.4 Å². The molecular formula is C12H20N4O3. The summed E-state index contributed by atoms with van der Waals surface area (Å²) in [5, 5.41) is 5.80. The second-order valence-corrected chi connectivity index (χ2v) is 4.98. The third-order valence-electron chi connectivity index (χ3n) is 3.51. The number of nitrogens with zero attached hydrogens (tertiary/aromatic N) is 2. The van der Waals surface area contributed by atoms with Crippen LogP contribution in [0.1, 0.15) is 12.8 Å². The fourth-order valence-electron chi connectivity index (χ4n) is 2.36. The van der Waals surface area contributed by atoms with Crippen LogP contribution < -0.4 is 10.6 Å². The lowest BCUT2D eigenvalue weighted by molar-refractivity contribution is -0.140. The van der Waals surface area contributed by atoms with E-state index in [4.69, 9.17) is 0 Å². The highest BCUT2D eigenvalue weighted by atomic mass is 16.2. The summed E-state index contributed by atoms with van der Waals surface area (Å²) in [6, 6.07) is -0.465. The highest BCUT2D eigenvalue weighted by molar-refractivity contribution is 5.92. The summed E-state index contributed by atoms with van der Waals surface area (Å²) in [5.74, 6) is -0.323. The van der Waals surface area contributed by atoms with Gasteiger partial charge < -0.3 is 20.4 Å². The highest BCUT2D eigenvalue weighted by Gasteiger charge is 2.30. The van der Waals surface area contributed by atoms with Crippen molar-refractivity contribution in [2.75, 3.05) is 39.8 Å². The first-order chi connectivity index (χ1) is 9.08. The maximum absolute atomic E-state index is 12.0. The minimum absolute atomic E-state index is 0.0401. The Morgan fingerprint density at radius 2 is 2.05 bits per heavy atom. The number of nitrogens with one attached hydrogen (secondary N) is 2. The maximum Gasteiger partial charge on any atom is 0.245 e.